The molecule has 0 bridgehead atoms. The third kappa shape index (κ3) is 6.82. The maximum atomic E-state index is 12.7. The molecule has 1 aliphatic rings. The Morgan fingerprint density at radius 2 is 1.48 bits per heavy atom. The molecule has 0 aliphatic carbocycles. The standard InChI is InChI=1S/C31H31N2O8PS.CH4/c1-20-18-33(30(35)32-29(20)34)28-17-26(41-42(36)43)27(40-28)19-39-31(21-7-5-4-6-8-21,22-9-13-24(37-2)14-10-22)23-11-15-25(38-3)16-12-23;/h4-16,18,26-28H,17,19H2,1-3H3,(H-,32,34,35,36,43);1H4/p+1/t26?,27-,28-;/m1./s1. The second kappa shape index (κ2) is 14.4. The van der Waals surface area contributed by atoms with Crippen molar-refractivity contribution in [2.75, 3.05) is 20.8 Å². The molecule has 1 fully saturated rings. The number of hydrogen-bond acceptors (Lipinski definition) is 8. The Bertz CT molecular complexity index is 1630. The van der Waals surface area contributed by atoms with Gasteiger partial charge in [-0.25, -0.2) is 4.79 Å². The van der Waals surface area contributed by atoms with Gasteiger partial charge in [0.05, 0.1) is 20.8 Å². The van der Waals surface area contributed by atoms with Crippen LogP contribution in [0.5, 0.6) is 11.5 Å². The van der Waals surface area contributed by atoms with Crippen LogP contribution >= 0.6 is 19.5 Å². The van der Waals surface area contributed by atoms with Crippen molar-refractivity contribution < 1.29 is 28.0 Å². The van der Waals surface area contributed by atoms with Crippen LogP contribution in [0.1, 0.15) is 42.3 Å². The first-order valence-corrected chi connectivity index (χ1v) is 15.9. The Morgan fingerprint density at radius 3 is 2.00 bits per heavy atom. The van der Waals surface area contributed by atoms with Crippen LogP contribution in [0, 0.1) is 6.92 Å². The molecule has 1 aliphatic heterocycles. The largest absolute Gasteiger partial charge is 0.582 e. The number of methoxy groups -OCH3 is 2. The highest BCUT2D eigenvalue weighted by molar-refractivity contribution is 8.39. The molecule has 1 saturated heterocycles. The molecule has 1 N–H and O–H groups in total. The molecule has 10 nitrogen and oxygen atoms in total. The van der Waals surface area contributed by atoms with Gasteiger partial charge < -0.3 is 18.9 Å². The average molecular weight is 640 g/mol. The van der Waals surface area contributed by atoms with Gasteiger partial charge in [0, 0.05) is 18.2 Å². The van der Waals surface area contributed by atoms with Crippen LogP contribution in [-0.4, -0.2) is 42.6 Å². The number of hydrogen-bond donors (Lipinski definition) is 2. The summed E-state index contributed by atoms with van der Waals surface area (Å²) in [4.78, 5) is 26.9. The lowest BCUT2D eigenvalue weighted by Gasteiger charge is -2.37. The summed E-state index contributed by atoms with van der Waals surface area (Å²) in [6.45, 7) is 1.59. The van der Waals surface area contributed by atoms with Gasteiger partial charge in [-0.1, -0.05) is 62.0 Å². The summed E-state index contributed by atoms with van der Waals surface area (Å²) in [5, 5.41) is 0. The van der Waals surface area contributed by atoms with Crippen molar-refractivity contribution in [3.8, 4) is 11.5 Å². The molecular weight excluding hydrogens is 603 g/mol. The molecule has 0 amide bonds. The van der Waals surface area contributed by atoms with E-state index in [9.17, 15) is 14.2 Å². The highest BCUT2D eigenvalue weighted by Gasteiger charge is 2.45. The maximum absolute atomic E-state index is 12.7. The van der Waals surface area contributed by atoms with Crippen molar-refractivity contribution in [1.29, 1.82) is 0 Å². The van der Waals surface area contributed by atoms with E-state index in [1.54, 1.807) is 21.1 Å². The number of aromatic amines is 1. The fourth-order valence-electron chi connectivity index (χ4n) is 5.33. The molecule has 232 valence electrons. The fourth-order valence-corrected chi connectivity index (χ4v) is 6.15. The van der Waals surface area contributed by atoms with Gasteiger partial charge in [-0.15, -0.1) is 4.52 Å². The van der Waals surface area contributed by atoms with Crippen LogP contribution < -0.4 is 20.7 Å². The Morgan fingerprint density at radius 1 is 0.932 bits per heavy atom. The molecule has 1 aromatic heterocycles. The van der Waals surface area contributed by atoms with E-state index >= 15 is 0 Å². The van der Waals surface area contributed by atoms with Gasteiger partial charge in [-0.3, -0.25) is 14.3 Å². The molecule has 0 spiro atoms. The molecule has 4 aromatic rings. The number of H-pyrrole nitrogens is 1. The average Bonchev–Trinajstić information content (AvgIpc) is 3.41. The molecular formula is C32H36N2O8PS+. The highest BCUT2D eigenvalue weighted by Crippen LogP contribution is 2.44. The number of benzene rings is 3. The SMILES string of the molecule is C.COc1ccc(C(OC[C@H]2O[C@@H](n3cc(C)c(=O)[nH]c3=O)CC2O[P+](=O)S)(c2ccccc2)c2ccc(OC)cc2)cc1. The molecule has 2 heterocycles. The number of thiol groups is 1. The number of aryl methyl sites for hydroxylation is 1. The second-order valence-electron chi connectivity index (χ2n) is 10.0. The summed E-state index contributed by atoms with van der Waals surface area (Å²) < 4.78 is 43.1. The topological polar surface area (TPSA) is 118 Å². The summed E-state index contributed by atoms with van der Waals surface area (Å²) in [6.07, 6.45) is -0.626. The Hall–Kier alpha value is -3.73. The molecule has 4 atom stereocenters. The molecule has 0 radical (unpaired) electrons. The van der Waals surface area contributed by atoms with Gasteiger partial charge in [0.1, 0.15) is 47.8 Å². The zero-order valence-electron chi connectivity index (χ0n) is 23.8. The van der Waals surface area contributed by atoms with Gasteiger partial charge >= 0.3 is 12.9 Å². The maximum Gasteiger partial charge on any atom is 0.582 e. The Kier molecular flexibility index (Phi) is 10.8. The van der Waals surface area contributed by atoms with Gasteiger partial charge in [0.25, 0.3) is 5.56 Å². The van der Waals surface area contributed by atoms with Crippen LogP contribution in [0.4, 0.5) is 0 Å². The first kappa shape index (κ1) is 33.2. The van der Waals surface area contributed by atoms with Crippen molar-refractivity contribution in [3.05, 3.63) is 128 Å². The summed E-state index contributed by atoms with van der Waals surface area (Å²) in [7, 11) is 0.921. The van der Waals surface area contributed by atoms with Crippen molar-refractivity contribution in [2.45, 2.75) is 44.8 Å². The number of nitrogens with one attached hydrogen (secondary N) is 1. The third-order valence-electron chi connectivity index (χ3n) is 7.50. The molecule has 5 rings (SSSR count). The van der Waals surface area contributed by atoms with Crippen LogP contribution in [-0.2, 0) is 24.2 Å². The summed E-state index contributed by atoms with van der Waals surface area (Å²) in [6, 6.07) is 25.0. The minimum absolute atomic E-state index is 0. The lowest BCUT2D eigenvalue weighted by Crippen LogP contribution is -2.38. The van der Waals surface area contributed by atoms with Crippen molar-refractivity contribution >= 4 is 19.5 Å². The first-order chi connectivity index (χ1) is 20.7. The molecule has 44 heavy (non-hydrogen) atoms. The zero-order chi connectivity index (χ0) is 30.6. The van der Waals surface area contributed by atoms with E-state index in [0.29, 0.717) is 17.1 Å². The second-order valence-corrected chi connectivity index (χ2v) is 11.7. The Balaban J connectivity index is 0.00000442. The number of nitrogens with zero attached hydrogens (tertiary/aromatic N) is 1. The fraction of sp³-hybridized carbons (Fsp3) is 0.312. The molecule has 0 saturated carbocycles. The zero-order valence-corrected chi connectivity index (χ0v) is 25.6. The van der Waals surface area contributed by atoms with E-state index in [1.807, 2.05) is 78.9 Å². The van der Waals surface area contributed by atoms with E-state index in [0.717, 1.165) is 16.7 Å². The van der Waals surface area contributed by atoms with Crippen LogP contribution in [0.25, 0.3) is 0 Å². The minimum atomic E-state index is -2.29. The van der Waals surface area contributed by atoms with E-state index in [-0.39, 0.29) is 20.5 Å². The van der Waals surface area contributed by atoms with Crippen molar-refractivity contribution in [1.82, 2.24) is 9.55 Å². The number of ether oxygens (including phenoxy) is 4. The first-order valence-electron chi connectivity index (χ1n) is 13.5. The van der Waals surface area contributed by atoms with Crippen LogP contribution in [0.3, 0.4) is 0 Å². The predicted octanol–water partition coefficient (Wildman–Crippen LogP) is 5.77. The van der Waals surface area contributed by atoms with Gasteiger partial charge in [-0.2, -0.15) is 0 Å². The van der Waals surface area contributed by atoms with Crippen molar-refractivity contribution in [3.63, 3.8) is 0 Å². The van der Waals surface area contributed by atoms with E-state index in [4.69, 9.17) is 23.5 Å². The number of aromatic nitrogens is 2. The summed E-state index contributed by atoms with van der Waals surface area (Å²) in [5.74, 6) is 1.38. The smallest absolute Gasteiger partial charge is 0.497 e. The molecule has 3 aromatic carbocycles. The monoisotopic (exact) mass is 639 g/mol. The molecule has 12 heteroatoms. The van der Waals surface area contributed by atoms with Crippen molar-refractivity contribution in [2.24, 2.45) is 0 Å². The van der Waals surface area contributed by atoms with Gasteiger partial charge in [0.2, 0.25) is 0 Å². The molecule has 2 unspecified atom stereocenters. The third-order valence-corrected chi connectivity index (χ3v) is 8.23. The van der Waals surface area contributed by atoms with E-state index in [1.165, 1.54) is 10.8 Å². The lowest BCUT2D eigenvalue weighted by molar-refractivity contribution is -0.0908. The number of rotatable bonds is 11. The van der Waals surface area contributed by atoms with Crippen LogP contribution in [0.2, 0.25) is 0 Å². The quantitative estimate of drug-likeness (QED) is 0.121. The van der Waals surface area contributed by atoms with Crippen LogP contribution in [0.15, 0.2) is 94.6 Å². The normalized spacial score (nSPS) is 18.4. The van der Waals surface area contributed by atoms with E-state index in [2.05, 4.69) is 17.2 Å². The van der Waals surface area contributed by atoms with Gasteiger partial charge in [-0.05, 0) is 52.4 Å². The van der Waals surface area contributed by atoms with Gasteiger partial charge in [0.15, 0.2) is 0 Å². The van der Waals surface area contributed by atoms with E-state index < -0.39 is 42.5 Å². The summed E-state index contributed by atoms with van der Waals surface area (Å²) >= 11 is 3.97. The minimum Gasteiger partial charge on any atom is -0.497 e. The highest BCUT2D eigenvalue weighted by atomic mass is 32.7. The predicted molar refractivity (Wildman–Crippen MR) is 171 cm³/mol. The summed E-state index contributed by atoms with van der Waals surface area (Å²) in [5.41, 5.74) is 0.630. The Labute approximate surface area is 261 Å². The lowest BCUT2D eigenvalue weighted by atomic mass is 9.80.